The van der Waals surface area contributed by atoms with Crippen molar-refractivity contribution in [1.82, 2.24) is 0 Å². The number of aliphatic hydroxyl groups excluding tert-OH is 2. The summed E-state index contributed by atoms with van der Waals surface area (Å²) in [5.41, 5.74) is 8.75. The maximum Gasteiger partial charge on any atom is 0.305 e. The molecule has 7 nitrogen and oxygen atoms in total. The van der Waals surface area contributed by atoms with Crippen molar-refractivity contribution in [3.63, 3.8) is 0 Å². The second-order valence-electron chi connectivity index (χ2n) is 11.8. The minimum absolute atomic E-state index is 0.0344. The van der Waals surface area contributed by atoms with E-state index in [2.05, 4.69) is 30.8 Å². The lowest BCUT2D eigenvalue weighted by atomic mass is 9.43. The molecule has 0 amide bonds. The Labute approximate surface area is 191 Å². The zero-order chi connectivity index (χ0) is 23.3. The third-order valence-corrected chi connectivity index (χ3v) is 10.8. The van der Waals surface area contributed by atoms with Gasteiger partial charge < -0.3 is 14.9 Å². The Hall–Kier alpha value is -1.30. The van der Waals surface area contributed by atoms with Crippen molar-refractivity contribution in [1.29, 1.82) is 0 Å². The quantitative estimate of drug-likeness (QED) is 0.271. The predicted octanol–water partition coefficient (Wildman–Crippen LogP) is 4.86. The molecular weight excluding hydrogens is 406 g/mol. The second kappa shape index (κ2) is 8.81. The van der Waals surface area contributed by atoms with Crippen molar-refractivity contribution in [2.75, 3.05) is 7.11 Å². The van der Waals surface area contributed by atoms with Gasteiger partial charge in [-0.15, -0.1) is 0 Å². The molecule has 0 bridgehead atoms. The third-order valence-electron chi connectivity index (χ3n) is 10.8. The lowest BCUT2D eigenvalue weighted by Crippen LogP contribution is -2.62. The standard InChI is InChI=1S/C25H41N3O4/c1-14(5-8-22(31)32-4)17-6-7-18-23-19(13-21(30)25(17,18)3)24(2)10-9-16(27-28-26)11-15(24)12-20(23)29/h14-21,23,29-30H,5-13H2,1-4H3/t14-,15+,16-,17-,18+,19+,20-,21+,23+,24+,25-/m1/s1. The summed E-state index contributed by atoms with van der Waals surface area (Å²) in [5.74, 6) is 1.70. The van der Waals surface area contributed by atoms with Crippen molar-refractivity contribution in [3.8, 4) is 0 Å². The summed E-state index contributed by atoms with van der Waals surface area (Å²) in [6.45, 7) is 6.84. The number of hydrogen-bond acceptors (Lipinski definition) is 5. The van der Waals surface area contributed by atoms with E-state index in [1.54, 1.807) is 0 Å². The van der Waals surface area contributed by atoms with Crippen molar-refractivity contribution in [3.05, 3.63) is 10.4 Å². The Balaban J connectivity index is 1.57. The molecule has 4 aliphatic carbocycles. The SMILES string of the molecule is COC(=O)CC[C@@H](C)[C@H]1CC[C@H]2[C@@H]3[C@H](O)C[C@@H]4C[C@H](N=[N+]=[N-])CC[C@]4(C)[C@H]3C[C@H](O)[C@]12C. The average Bonchev–Trinajstić information content (AvgIpc) is 3.12. The van der Waals surface area contributed by atoms with Crippen molar-refractivity contribution >= 4 is 5.97 Å². The van der Waals surface area contributed by atoms with Crippen LogP contribution in [-0.4, -0.2) is 41.5 Å². The fourth-order valence-corrected chi connectivity index (χ4v) is 8.96. The van der Waals surface area contributed by atoms with E-state index in [9.17, 15) is 15.0 Å². The zero-order valence-electron chi connectivity index (χ0n) is 20.1. The van der Waals surface area contributed by atoms with Crippen molar-refractivity contribution < 1.29 is 19.7 Å². The molecule has 0 aliphatic heterocycles. The molecule has 0 saturated heterocycles. The van der Waals surface area contributed by atoms with Gasteiger partial charge in [-0.25, -0.2) is 0 Å². The summed E-state index contributed by atoms with van der Waals surface area (Å²) >= 11 is 0. The molecule has 0 aromatic carbocycles. The molecule has 0 aromatic heterocycles. The van der Waals surface area contributed by atoms with Crippen LogP contribution < -0.4 is 0 Å². The number of rotatable bonds is 5. The molecule has 2 N–H and O–H groups in total. The summed E-state index contributed by atoms with van der Waals surface area (Å²) in [6, 6.07) is 0.0344. The highest BCUT2D eigenvalue weighted by molar-refractivity contribution is 5.69. The van der Waals surface area contributed by atoms with E-state index in [0.717, 1.165) is 51.4 Å². The van der Waals surface area contributed by atoms with E-state index in [1.165, 1.54) is 7.11 Å². The number of hydrogen-bond donors (Lipinski definition) is 2. The van der Waals surface area contributed by atoms with Gasteiger partial charge >= 0.3 is 5.97 Å². The van der Waals surface area contributed by atoms with Gasteiger partial charge in [0.05, 0.1) is 19.3 Å². The van der Waals surface area contributed by atoms with Crippen molar-refractivity contribution in [2.45, 2.75) is 96.8 Å². The van der Waals surface area contributed by atoms with Crippen LogP contribution in [0.3, 0.4) is 0 Å². The molecule has 0 unspecified atom stereocenters. The molecule has 4 fully saturated rings. The first kappa shape index (κ1) is 23.8. The van der Waals surface area contributed by atoms with E-state index in [1.807, 2.05) is 0 Å². The van der Waals surface area contributed by atoms with E-state index in [-0.39, 0.29) is 41.0 Å². The summed E-state index contributed by atoms with van der Waals surface area (Å²) < 4.78 is 4.84. The summed E-state index contributed by atoms with van der Waals surface area (Å²) in [6.07, 6.45) is 6.83. The molecule has 4 aliphatic rings. The van der Waals surface area contributed by atoms with E-state index in [4.69, 9.17) is 10.3 Å². The van der Waals surface area contributed by atoms with Crippen LogP contribution in [0.1, 0.15) is 78.6 Å². The zero-order valence-corrected chi connectivity index (χ0v) is 20.1. The molecule has 0 heterocycles. The van der Waals surface area contributed by atoms with Gasteiger partial charge in [0.2, 0.25) is 0 Å². The van der Waals surface area contributed by atoms with E-state index < -0.39 is 0 Å². The number of azide groups is 1. The van der Waals surface area contributed by atoms with Gasteiger partial charge in [-0.3, -0.25) is 4.79 Å². The number of carbonyl (C=O) groups is 1. The Bertz CT molecular complexity index is 770. The fraction of sp³-hybridized carbons (Fsp3) is 0.960. The fourth-order valence-electron chi connectivity index (χ4n) is 8.96. The minimum atomic E-state index is -0.389. The molecule has 7 heteroatoms. The van der Waals surface area contributed by atoms with Crippen LogP contribution >= 0.6 is 0 Å². The van der Waals surface area contributed by atoms with Gasteiger partial charge in [0.25, 0.3) is 0 Å². The lowest BCUT2D eigenvalue weighted by molar-refractivity contribution is -0.202. The Kier molecular flexibility index (Phi) is 6.56. The maximum atomic E-state index is 11.7. The number of ether oxygens (including phenoxy) is 1. The van der Waals surface area contributed by atoms with Crippen LogP contribution in [0.2, 0.25) is 0 Å². The molecule has 0 aromatic rings. The molecule has 0 radical (unpaired) electrons. The van der Waals surface area contributed by atoms with Crippen molar-refractivity contribution in [2.24, 2.45) is 51.5 Å². The van der Waals surface area contributed by atoms with Gasteiger partial charge in [0.1, 0.15) is 0 Å². The van der Waals surface area contributed by atoms with Crippen LogP contribution in [0.15, 0.2) is 5.11 Å². The first-order chi connectivity index (χ1) is 15.2. The van der Waals surface area contributed by atoms with Gasteiger partial charge in [-0.05, 0) is 103 Å². The smallest absolute Gasteiger partial charge is 0.305 e. The van der Waals surface area contributed by atoms with Gasteiger partial charge in [-0.2, -0.15) is 0 Å². The average molecular weight is 448 g/mol. The normalized spacial score (nSPS) is 48.6. The topological polar surface area (TPSA) is 116 Å². The van der Waals surface area contributed by atoms with Crippen LogP contribution in [0.5, 0.6) is 0 Å². The highest BCUT2D eigenvalue weighted by atomic mass is 16.5. The second-order valence-corrected chi connectivity index (χ2v) is 11.8. The van der Waals surface area contributed by atoms with Gasteiger partial charge in [-0.1, -0.05) is 25.9 Å². The Morgan fingerprint density at radius 2 is 1.94 bits per heavy atom. The number of fused-ring (bicyclic) bond motifs is 5. The highest BCUT2D eigenvalue weighted by Crippen LogP contribution is 2.68. The Morgan fingerprint density at radius 1 is 1.19 bits per heavy atom. The predicted molar refractivity (Wildman–Crippen MR) is 121 cm³/mol. The number of methoxy groups -OCH3 is 1. The maximum absolute atomic E-state index is 11.7. The highest BCUT2D eigenvalue weighted by Gasteiger charge is 2.65. The number of esters is 1. The Morgan fingerprint density at radius 3 is 2.62 bits per heavy atom. The summed E-state index contributed by atoms with van der Waals surface area (Å²) in [5, 5.41) is 27.0. The van der Waals surface area contributed by atoms with E-state index in [0.29, 0.717) is 36.0 Å². The van der Waals surface area contributed by atoms with Gasteiger partial charge in [0, 0.05) is 17.4 Å². The van der Waals surface area contributed by atoms with E-state index >= 15 is 0 Å². The summed E-state index contributed by atoms with van der Waals surface area (Å²) in [4.78, 5) is 14.7. The molecule has 4 saturated carbocycles. The van der Waals surface area contributed by atoms with Crippen LogP contribution in [0.25, 0.3) is 10.4 Å². The molecule has 0 spiro atoms. The van der Waals surface area contributed by atoms with Gasteiger partial charge in [0.15, 0.2) is 0 Å². The third kappa shape index (κ3) is 3.65. The van der Waals surface area contributed by atoms with Crippen LogP contribution in [0, 0.1) is 46.3 Å². The minimum Gasteiger partial charge on any atom is -0.469 e. The lowest BCUT2D eigenvalue weighted by Gasteiger charge is -2.63. The number of nitrogens with zero attached hydrogens (tertiary/aromatic N) is 3. The first-order valence-electron chi connectivity index (χ1n) is 12.6. The molecule has 32 heavy (non-hydrogen) atoms. The van der Waals surface area contributed by atoms with Crippen LogP contribution in [0.4, 0.5) is 0 Å². The molecule has 11 atom stereocenters. The molecule has 4 rings (SSSR count). The molecular formula is C25H41N3O4. The summed E-state index contributed by atoms with van der Waals surface area (Å²) in [7, 11) is 1.43. The monoisotopic (exact) mass is 447 g/mol. The van der Waals surface area contributed by atoms with Crippen LogP contribution in [-0.2, 0) is 9.53 Å². The first-order valence-corrected chi connectivity index (χ1v) is 12.6. The molecule has 180 valence electrons. The number of carbonyl (C=O) groups excluding carboxylic acids is 1. The largest absolute Gasteiger partial charge is 0.469 e. The number of aliphatic hydroxyl groups is 2.